The van der Waals surface area contributed by atoms with Crippen LogP contribution in [0.3, 0.4) is 0 Å². The van der Waals surface area contributed by atoms with E-state index in [0.717, 1.165) is 54.7 Å². The number of hydrogen-bond donors (Lipinski definition) is 2. The molecule has 1 aromatic rings. The Morgan fingerprint density at radius 1 is 1.48 bits per heavy atom. The molecule has 1 aliphatic heterocycles. The fraction of sp³-hybridized carbons (Fsp3) is 0.588. The summed E-state index contributed by atoms with van der Waals surface area (Å²) in [5, 5.41) is 7.06. The molecule has 1 atom stereocenters. The van der Waals surface area contributed by atoms with E-state index in [9.17, 15) is 4.79 Å². The standard InChI is InChI=1S/C17H25ClN2O2.ClH/c1-13-11-15(4-5-16(13)18)22-10-2-3-17(21)20-9-7-14-6-8-19-12-14;/h4-5,11,14,19H,2-3,6-10,12H2,1H3,(H,20,21);1H. The first-order valence-corrected chi connectivity index (χ1v) is 8.39. The quantitative estimate of drug-likeness (QED) is 0.699. The average Bonchev–Trinajstić information content (AvgIpc) is 3.00. The zero-order valence-electron chi connectivity index (χ0n) is 13.6. The lowest BCUT2D eigenvalue weighted by molar-refractivity contribution is -0.121. The second-order valence-corrected chi connectivity index (χ2v) is 6.27. The molecule has 0 saturated carbocycles. The number of halogens is 2. The Labute approximate surface area is 149 Å². The normalized spacial score (nSPS) is 16.7. The van der Waals surface area contributed by atoms with Gasteiger partial charge in [-0.3, -0.25) is 4.79 Å². The lowest BCUT2D eigenvalue weighted by atomic mass is 10.1. The smallest absolute Gasteiger partial charge is 0.220 e. The number of aryl methyl sites for hydroxylation is 1. The van der Waals surface area contributed by atoms with Gasteiger partial charge in [-0.2, -0.15) is 0 Å². The lowest BCUT2D eigenvalue weighted by Crippen LogP contribution is -2.26. The van der Waals surface area contributed by atoms with Crippen LogP contribution < -0.4 is 15.4 Å². The molecule has 0 radical (unpaired) electrons. The number of nitrogens with one attached hydrogen (secondary N) is 2. The maximum Gasteiger partial charge on any atom is 0.220 e. The van der Waals surface area contributed by atoms with Crippen molar-refractivity contribution in [1.29, 1.82) is 0 Å². The number of benzene rings is 1. The summed E-state index contributed by atoms with van der Waals surface area (Å²) < 4.78 is 5.63. The van der Waals surface area contributed by atoms with Crippen molar-refractivity contribution in [2.75, 3.05) is 26.2 Å². The summed E-state index contributed by atoms with van der Waals surface area (Å²) in [7, 11) is 0. The van der Waals surface area contributed by atoms with Crippen LogP contribution in [0.1, 0.15) is 31.2 Å². The van der Waals surface area contributed by atoms with Gasteiger partial charge in [0.05, 0.1) is 6.61 Å². The van der Waals surface area contributed by atoms with Crippen LogP contribution >= 0.6 is 24.0 Å². The van der Waals surface area contributed by atoms with Crippen LogP contribution in [0, 0.1) is 12.8 Å². The van der Waals surface area contributed by atoms with Crippen LogP contribution in [-0.2, 0) is 4.79 Å². The largest absolute Gasteiger partial charge is 0.494 e. The SMILES string of the molecule is Cc1cc(OCCCC(=O)NCCC2CCNC2)ccc1Cl.Cl. The second kappa shape index (κ2) is 10.7. The maximum atomic E-state index is 11.7. The third-order valence-electron chi connectivity index (χ3n) is 3.98. The molecule has 0 aliphatic carbocycles. The summed E-state index contributed by atoms with van der Waals surface area (Å²) in [6.45, 7) is 5.47. The lowest BCUT2D eigenvalue weighted by Gasteiger charge is -2.10. The van der Waals surface area contributed by atoms with Gasteiger partial charge in [0.25, 0.3) is 0 Å². The highest BCUT2D eigenvalue weighted by Gasteiger charge is 2.13. The van der Waals surface area contributed by atoms with Gasteiger partial charge in [-0.05, 0) is 69.0 Å². The monoisotopic (exact) mass is 360 g/mol. The number of rotatable bonds is 8. The Bertz CT molecular complexity index is 491. The van der Waals surface area contributed by atoms with Crippen LogP contribution in [0.2, 0.25) is 5.02 Å². The summed E-state index contributed by atoms with van der Waals surface area (Å²) in [6.07, 6.45) is 3.53. The summed E-state index contributed by atoms with van der Waals surface area (Å²) in [6, 6.07) is 5.60. The van der Waals surface area contributed by atoms with Crippen molar-refractivity contribution in [3.8, 4) is 5.75 Å². The fourth-order valence-corrected chi connectivity index (χ4v) is 2.71. The summed E-state index contributed by atoms with van der Waals surface area (Å²) in [4.78, 5) is 11.7. The average molecular weight is 361 g/mol. The van der Waals surface area contributed by atoms with E-state index >= 15 is 0 Å². The molecule has 1 unspecified atom stereocenters. The predicted molar refractivity (Wildman–Crippen MR) is 96.8 cm³/mol. The van der Waals surface area contributed by atoms with E-state index < -0.39 is 0 Å². The molecule has 6 heteroatoms. The highest BCUT2D eigenvalue weighted by Crippen LogP contribution is 2.21. The highest BCUT2D eigenvalue weighted by molar-refractivity contribution is 6.31. The van der Waals surface area contributed by atoms with Crippen molar-refractivity contribution >= 4 is 29.9 Å². The molecule has 0 spiro atoms. The number of carbonyl (C=O) groups is 1. The number of carbonyl (C=O) groups excluding carboxylic acids is 1. The van der Waals surface area contributed by atoms with E-state index in [1.54, 1.807) is 0 Å². The Hall–Kier alpha value is -0.970. The van der Waals surface area contributed by atoms with Crippen LogP contribution in [0.5, 0.6) is 5.75 Å². The second-order valence-electron chi connectivity index (χ2n) is 5.86. The number of ether oxygens (including phenoxy) is 1. The predicted octanol–water partition coefficient (Wildman–Crippen LogP) is 3.35. The van der Waals surface area contributed by atoms with Crippen molar-refractivity contribution in [2.24, 2.45) is 5.92 Å². The van der Waals surface area contributed by atoms with Crippen molar-refractivity contribution in [3.05, 3.63) is 28.8 Å². The van der Waals surface area contributed by atoms with E-state index in [1.165, 1.54) is 6.42 Å². The molecule has 2 rings (SSSR count). The summed E-state index contributed by atoms with van der Waals surface area (Å²) in [5.41, 5.74) is 0.998. The minimum Gasteiger partial charge on any atom is -0.494 e. The minimum absolute atomic E-state index is 0. The van der Waals surface area contributed by atoms with Crippen molar-refractivity contribution < 1.29 is 9.53 Å². The molecule has 2 N–H and O–H groups in total. The van der Waals surface area contributed by atoms with Crippen LogP contribution in [0.25, 0.3) is 0 Å². The molecule has 1 aliphatic rings. The van der Waals surface area contributed by atoms with Crippen LogP contribution in [-0.4, -0.2) is 32.1 Å². The Morgan fingerprint density at radius 3 is 3.00 bits per heavy atom. The topological polar surface area (TPSA) is 50.4 Å². The number of hydrogen-bond acceptors (Lipinski definition) is 3. The van der Waals surface area contributed by atoms with Gasteiger partial charge >= 0.3 is 0 Å². The first kappa shape index (κ1) is 20.1. The minimum atomic E-state index is 0. The Balaban J connectivity index is 0.00000264. The molecular formula is C17H26Cl2N2O2. The molecule has 0 aromatic heterocycles. The summed E-state index contributed by atoms with van der Waals surface area (Å²) in [5.74, 6) is 1.63. The van der Waals surface area contributed by atoms with E-state index in [0.29, 0.717) is 13.0 Å². The van der Waals surface area contributed by atoms with Gasteiger partial charge in [0, 0.05) is 18.0 Å². The maximum absolute atomic E-state index is 11.7. The Kier molecular flexibility index (Phi) is 9.37. The van der Waals surface area contributed by atoms with Crippen molar-refractivity contribution in [1.82, 2.24) is 10.6 Å². The highest BCUT2D eigenvalue weighted by atomic mass is 35.5. The molecule has 1 amide bonds. The fourth-order valence-electron chi connectivity index (χ4n) is 2.59. The third-order valence-corrected chi connectivity index (χ3v) is 4.41. The van der Waals surface area contributed by atoms with Gasteiger partial charge in [-0.15, -0.1) is 12.4 Å². The zero-order chi connectivity index (χ0) is 15.8. The van der Waals surface area contributed by atoms with E-state index in [-0.39, 0.29) is 18.3 Å². The van der Waals surface area contributed by atoms with Gasteiger partial charge < -0.3 is 15.4 Å². The van der Waals surface area contributed by atoms with Gasteiger partial charge in [-0.1, -0.05) is 11.6 Å². The molecule has 1 aromatic carbocycles. The molecule has 1 fully saturated rings. The Morgan fingerprint density at radius 2 is 2.30 bits per heavy atom. The molecule has 1 saturated heterocycles. The van der Waals surface area contributed by atoms with Gasteiger partial charge in [0.15, 0.2) is 0 Å². The van der Waals surface area contributed by atoms with Gasteiger partial charge in [-0.25, -0.2) is 0 Å². The third kappa shape index (κ3) is 7.42. The molecule has 4 nitrogen and oxygen atoms in total. The van der Waals surface area contributed by atoms with Gasteiger partial charge in [0.1, 0.15) is 5.75 Å². The van der Waals surface area contributed by atoms with Crippen molar-refractivity contribution in [3.63, 3.8) is 0 Å². The summed E-state index contributed by atoms with van der Waals surface area (Å²) >= 11 is 5.97. The van der Waals surface area contributed by atoms with Gasteiger partial charge in [0.2, 0.25) is 5.91 Å². The van der Waals surface area contributed by atoms with Crippen LogP contribution in [0.4, 0.5) is 0 Å². The molecule has 1 heterocycles. The first-order chi connectivity index (χ1) is 10.6. The molecule has 130 valence electrons. The van der Waals surface area contributed by atoms with Crippen LogP contribution in [0.15, 0.2) is 18.2 Å². The molecule has 23 heavy (non-hydrogen) atoms. The van der Waals surface area contributed by atoms with Crippen molar-refractivity contribution in [2.45, 2.75) is 32.6 Å². The van der Waals surface area contributed by atoms with E-state index in [4.69, 9.17) is 16.3 Å². The van der Waals surface area contributed by atoms with E-state index in [2.05, 4.69) is 10.6 Å². The molecular weight excluding hydrogens is 335 g/mol. The number of amides is 1. The first-order valence-electron chi connectivity index (χ1n) is 8.01. The van der Waals surface area contributed by atoms with E-state index in [1.807, 2.05) is 25.1 Å². The zero-order valence-corrected chi connectivity index (χ0v) is 15.1. The molecule has 0 bridgehead atoms.